The van der Waals surface area contributed by atoms with Crippen LogP contribution < -0.4 is 5.32 Å². The Labute approximate surface area is 200 Å². The molecule has 0 aromatic heterocycles. The van der Waals surface area contributed by atoms with E-state index >= 15 is 0 Å². The lowest BCUT2D eigenvalue weighted by atomic mass is 9.66. The van der Waals surface area contributed by atoms with Gasteiger partial charge in [-0.3, -0.25) is 4.79 Å². The van der Waals surface area contributed by atoms with Crippen molar-refractivity contribution in [3.63, 3.8) is 0 Å². The minimum absolute atomic E-state index is 0.142. The molecular formula is C31H27NO2. The molecule has 2 fully saturated rings. The standard InChI is InChI=1S/C31H27NO2/c33-29-25-27(21-13-5-1-6-14-21)32-28(22-15-7-2-8-16-22)26(29)31(24-19-11-4-12-20-24)34-30(25)23-17-9-3-10-18-23/h1-20,25-28,30-32H/t25-,26+,27+,28-,30-,31-/m0/s1. The molecule has 2 aliphatic heterocycles. The number of fused-ring (bicyclic) bond motifs is 2. The minimum atomic E-state index is -0.329. The van der Waals surface area contributed by atoms with Crippen molar-refractivity contribution in [2.75, 3.05) is 0 Å². The van der Waals surface area contributed by atoms with Crippen LogP contribution in [0, 0.1) is 11.8 Å². The third-order valence-corrected chi connectivity index (χ3v) is 7.25. The van der Waals surface area contributed by atoms with Crippen LogP contribution in [0.25, 0.3) is 0 Å². The molecule has 4 aromatic rings. The number of benzene rings is 4. The average molecular weight is 446 g/mol. The molecule has 0 spiro atoms. The monoisotopic (exact) mass is 445 g/mol. The molecule has 4 aromatic carbocycles. The molecule has 2 bridgehead atoms. The van der Waals surface area contributed by atoms with E-state index in [2.05, 4.69) is 53.8 Å². The fourth-order valence-corrected chi connectivity index (χ4v) is 5.71. The predicted molar refractivity (Wildman–Crippen MR) is 133 cm³/mol. The molecule has 0 aliphatic carbocycles. The van der Waals surface area contributed by atoms with E-state index in [9.17, 15) is 4.79 Å². The second kappa shape index (κ2) is 9.02. The first-order chi connectivity index (χ1) is 16.8. The van der Waals surface area contributed by atoms with Gasteiger partial charge in [0.05, 0.1) is 24.0 Å². The summed E-state index contributed by atoms with van der Waals surface area (Å²) in [5.74, 6) is -0.347. The maximum absolute atomic E-state index is 14.4. The number of nitrogens with one attached hydrogen (secondary N) is 1. The lowest BCUT2D eigenvalue weighted by Crippen LogP contribution is -2.56. The van der Waals surface area contributed by atoms with E-state index in [-0.39, 0.29) is 41.9 Å². The van der Waals surface area contributed by atoms with Gasteiger partial charge in [0.2, 0.25) is 0 Å². The summed E-state index contributed by atoms with van der Waals surface area (Å²) in [7, 11) is 0. The third-order valence-electron chi connectivity index (χ3n) is 7.25. The molecule has 0 radical (unpaired) electrons. The van der Waals surface area contributed by atoms with Gasteiger partial charge in [-0.05, 0) is 22.3 Å². The van der Waals surface area contributed by atoms with Crippen LogP contribution in [0.1, 0.15) is 46.5 Å². The maximum Gasteiger partial charge on any atom is 0.148 e. The fraction of sp³-hybridized carbons (Fsp3) is 0.194. The van der Waals surface area contributed by atoms with Gasteiger partial charge >= 0.3 is 0 Å². The van der Waals surface area contributed by atoms with Gasteiger partial charge in [-0.2, -0.15) is 0 Å². The molecule has 3 heteroatoms. The van der Waals surface area contributed by atoms with E-state index in [1.54, 1.807) is 0 Å². The molecule has 0 saturated carbocycles. The topological polar surface area (TPSA) is 38.3 Å². The minimum Gasteiger partial charge on any atom is -0.364 e. The number of ether oxygens (including phenoxy) is 1. The van der Waals surface area contributed by atoms with Gasteiger partial charge in [0, 0.05) is 12.1 Å². The fourth-order valence-electron chi connectivity index (χ4n) is 5.71. The van der Waals surface area contributed by atoms with Crippen molar-refractivity contribution in [1.29, 1.82) is 0 Å². The number of ketones is 1. The van der Waals surface area contributed by atoms with Gasteiger partial charge < -0.3 is 10.1 Å². The number of Topliss-reactive ketones (excluding diaryl/α,β-unsaturated/α-hetero) is 1. The van der Waals surface area contributed by atoms with Gasteiger partial charge in [0.25, 0.3) is 0 Å². The van der Waals surface area contributed by atoms with E-state index in [1.165, 1.54) is 0 Å². The van der Waals surface area contributed by atoms with Gasteiger partial charge in [-0.25, -0.2) is 0 Å². The maximum atomic E-state index is 14.4. The first kappa shape index (κ1) is 21.0. The Morgan fingerprint density at radius 3 is 1.15 bits per heavy atom. The predicted octanol–water partition coefficient (Wildman–Crippen LogP) is 6.39. The van der Waals surface area contributed by atoms with Gasteiger partial charge in [-0.15, -0.1) is 0 Å². The molecule has 6 atom stereocenters. The van der Waals surface area contributed by atoms with Crippen LogP contribution in [-0.2, 0) is 9.53 Å². The number of hydrogen-bond acceptors (Lipinski definition) is 3. The van der Waals surface area contributed by atoms with Crippen molar-refractivity contribution in [3.8, 4) is 0 Å². The Balaban J connectivity index is 1.52. The molecule has 0 unspecified atom stereocenters. The zero-order valence-electron chi connectivity index (χ0n) is 18.8. The van der Waals surface area contributed by atoms with E-state index in [1.807, 2.05) is 72.8 Å². The highest BCUT2D eigenvalue weighted by Crippen LogP contribution is 2.55. The Kier molecular flexibility index (Phi) is 5.58. The Hall–Kier alpha value is -3.53. The second-order valence-corrected chi connectivity index (χ2v) is 9.20. The second-order valence-electron chi connectivity index (χ2n) is 9.20. The molecule has 2 heterocycles. The van der Waals surface area contributed by atoms with E-state index in [0.717, 1.165) is 22.3 Å². The number of piperidine rings is 1. The molecule has 2 aliphatic rings. The number of hydrogen-bond donors (Lipinski definition) is 1. The molecular weight excluding hydrogens is 418 g/mol. The van der Waals surface area contributed by atoms with Crippen molar-refractivity contribution in [3.05, 3.63) is 144 Å². The van der Waals surface area contributed by atoms with Gasteiger partial charge in [0.1, 0.15) is 5.78 Å². The van der Waals surface area contributed by atoms with Crippen LogP contribution in [0.5, 0.6) is 0 Å². The van der Waals surface area contributed by atoms with Crippen molar-refractivity contribution < 1.29 is 9.53 Å². The van der Waals surface area contributed by atoms with Gasteiger partial charge in [-0.1, -0.05) is 121 Å². The molecule has 2 saturated heterocycles. The number of carbonyl (C=O) groups excluding carboxylic acids is 1. The average Bonchev–Trinajstić information content (AvgIpc) is 2.91. The Morgan fingerprint density at radius 2 is 0.794 bits per heavy atom. The smallest absolute Gasteiger partial charge is 0.148 e. The summed E-state index contributed by atoms with van der Waals surface area (Å²) in [5.41, 5.74) is 4.31. The molecule has 1 N–H and O–H groups in total. The third kappa shape index (κ3) is 3.67. The molecule has 6 rings (SSSR count). The normalized spacial score (nSPS) is 28.4. The summed E-state index contributed by atoms with van der Waals surface area (Å²) in [4.78, 5) is 14.4. The molecule has 3 nitrogen and oxygen atoms in total. The molecule has 168 valence electrons. The van der Waals surface area contributed by atoms with Crippen molar-refractivity contribution in [1.82, 2.24) is 5.32 Å². The zero-order valence-corrected chi connectivity index (χ0v) is 18.8. The van der Waals surface area contributed by atoms with Crippen LogP contribution in [0.2, 0.25) is 0 Å². The summed E-state index contributed by atoms with van der Waals surface area (Å²) in [6, 6.07) is 40.7. The summed E-state index contributed by atoms with van der Waals surface area (Å²) >= 11 is 0. The van der Waals surface area contributed by atoms with Crippen LogP contribution in [-0.4, -0.2) is 5.78 Å². The summed E-state index contributed by atoms with van der Waals surface area (Å²) < 4.78 is 6.94. The highest BCUT2D eigenvalue weighted by atomic mass is 16.5. The van der Waals surface area contributed by atoms with Crippen molar-refractivity contribution >= 4 is 5.78 Å². The lowest BCUT2D eigenvalue weighted by Gasteiger charge is -2.52. The lowest BCUT2D eigenvalue weighted by molar-refractivity contribution is -0.177. The summed E-state index contributed by atoms with van der Waals surface area (Å²) in [6.07, 6.45) is -0.658. The summed E-state index contributed by atoms with van der Waals surface area (Å²) in [5, 5.41) is 3.92. The van der Waals surface area contributed by atoms with E-state index in [4.69, 9.17) is 4.74 Å². The first-order valence-corrected chi connectivity index (χ1v) is 12.0. The van der Waals surface area contributed by atoms with Crippen LogP contribution >= 0.6 is 0 Å². The SMILES string of the molecule is O=C1[C@@H]2[C@@H](c3ccccc3)N[C@@H](c3ccccc3)[C@H]1[C@H](c1ccccc1)O[C@H]2c1ccccc1. The van der Waals surface area contributed by atoms with E-state index < -0.39 is 0 Å². The van der Waals surface area contributed by atoms with E-state index in [0.29, 0.717) is 0 Å². The van der Waals surface area contributed by atoms with Crippen LogP contribution in [0.4, 0.5) is 0 Å². The Bertz CT molecular complexity index is 1050. The molecule has 0 amide bonds. The summed E-state index contributed by atoms with van der Waals surface area (Å²) in [6.45, 7) is 0. The van der Waals surface area contributed by atoms with Gasteiger partial charge in [0.15, 0.2) is 0 Å². The zero-order chi connectivity index (χ0) is 22.9. The Morgan fingerprint density at radius 1 is 0.471 bits per heavy atom. The number of carbonyl (C=O) groups is 1. The quantitative estimate of drug-likeness (QED) is 0.396. The number of rotatable bonds is 4. The highest BCUT2D eigenvalue weighted by Gasteiger charge is 2.56. The van der Waals surface area contributed by atoms with Crippen molar-refractivity contribution in [2.45, 2.75) is 24.3 Å². The first-order valence-electron chi connectivity index (χ1n) is 12.0. The van der Waals surface area contributed by atoms with Crippen LogP contribution in [0.15, 0.2) is 121 Å². The largest absolute Gasteiger partial charge is 0.364 e. The van der Waals surface area contributed by atoms with Crippen molar-refractivity contribution in [2.24, 2.45) is 11.8 Å². The molecule has 34 heavy (non-hydrogen) atoms. The van der Waals surface area contributed by atoms with Crippen LogP contribution in [0.3, 0.4) is 0 Å². The highest BCUT2D eigenvalue weighted by molar-refractivity contribution is 5.88.